The van der Waals surface area contributed by atoms with Crippen LogP contribution in [0.2, 0.25) is 0 Å². The lowest BCUT2D eigenvalue weighted by Gasteiger charge is -2.36. The molecular formula is C19H27NO4. The van der Waals surface area contributed by atoms with Gasteiger partial charge in [0.25, 0.3) is 0 Å². The van der Waals surface area contributed by atoms with Crippen LogP contribution in [0.25, 0.3) is 0 Å². The predicted octanol–water partition coefficient (Wildman–Crippen LogP) is 3.11. The molecule has 0 unspecified atom stereocenters. The minimum absolute atomic E-state index is 0.0431. The van der Waals surface area contributed by atoms with Crippen LogP contribution in [0.4, 0.5) is 0 Å². The third kappa shape index (κ3) is 5.25. The fourth-order valence-corrected chi connectivity index (χ4v) is 3.57. The first-order valence-electron chi connectivity index (χ1n) is 8.68. The molecule has 0 bridgehead atoms. The van der Waals surface area contributed by atoms with Gasteiger partial charge < -0.3 is 15.5 Å². The van der Waals surface area contributed by atoms with Crippen molar-refractivity contribution in [1.82, 2.24) is 5.32 Å². The number of carbonyl (C=O) groups is 2. The zero-order valence-corrected chi connectivity index (χ0v) is 14.3. The van der Waals surface area contributed by atoms with Crippen LogP contribution in [-0.2, 0) is 16.0 Å². The fourth-order valence-electron chi connectivity index (χ4n) is 3.57. The molecule has 1 saturated carbocycles. The van der Waals surface area contributed by atoms with Gasteiger partial charge >= 0.3 is 5.97 Å². The van der Waals surface area contributed by atoms with Crippen molar-refractivity contribution in [1.29, 1.82) is 0 Å². The molecular weight excluding hydrogens is 306 g/mol. The Balaban J connectivity index is 1.89. The molecule has 0 spiro atoms. The first-order valence-corrected chi connectivity index (χ1v) is 8.68. The second-order valence-electron chi connectivity index (χ2n) is 7.12. The molecule has 3 N–H and O–H groups in total. The smallest absolute Gasteiger partial charge is 0.303 e. The van der Waals surface area contributed by atoms with E-state index < -0.39 is 5.97 Å². The molecule has 1 amide bonds. The number of carbonyl (C=O) groups excluding carboxylic acids is 1. The quantitative estimate of drug-likeness (QED) is 0.715. The second-order valence-corrected chi connectivity index (χ2v) is 7.12. The number of hydrogen-bond acceptors (Lipinski definition) is 3. The molecule has 0 aromatic heterocycles. The molecule has 24 heavy (non-hydrogen) atoms. The van der Waals surface area contributed by atoms with E-state index in [1.165, 1.54) is 0 Å². The van der Waals surface area contributed by atoms with Gasteiger partial charge in [-0.1, -0.05) is 38.3 Å². The summed E-state index contributed by atoms with van der Waals surface area (Å²) in [4.78, 5) is 23.6. The molecule has 5 heteroatoms. The first kappa shape index (κ1) is 18.3. The molecule has 5 nitrogen and oxygen atoms in total. The van der Waals surface area contributed by atoms with Crippen molar-refractivity contribution >= 4 is 11.9 Å². The Kier molecular flexibility index (Phi) is 6.23. The summed E-state index contributed by atoms with van der Waals surface area (Å²) in [5, 5.41) is 21.5. The molecule has 0 aliphatic heterocycles. The number of carboxylic acids is 1. The van der Waals surface area contributed by atoms with Gasteiger partial charge in [-0.25, -0.2) is 0 Å². The molecule has 1 aliphatic carbocycles. The molecule has 132 valence electrons. The van der Waals surface area contributed by atoms with Crippen molar-refractivity contribution in [3.63, 3.8) is 0 Å². The average Bonchev–Trinajstić information content (AvgIpc) is 2.55. The summed E-state index contributed by atoms with van der Waals surface area (Å²) in [7, 11) is 0. The number of aromatic hydroxyl groups is 1. The molecule has 1 aliphatic rings. The molecule has 0 heterocycles. The van der Waals surface area contributed by atoms with Crippen LogP contribution in [0.1, 0.15) is 51.0 Å². The Labute approximate surface area is 143 Å². The van der Waals surface area contributed by atoms with E-state index in [0.717, 1.165) is 37.7 Å². The highest BCUT2D eigenvalue weighted by Gasteiger charge is 2.35. The average molecular weight is 333 g/mol. The van der Waals surface area contributed by atoms with Gasteiger partial charge in [0.2, 0.25) is 5.91 Å². The maximum Gasteiger partial charge on any atom is 0.303 e. The highest BCUT2D eigenvalue weighted by atomic mass is 16.4. The normalized spacial score (nSPS) is 17.9. The van der Waals surface area contributed by atoms with Crippen molar-refractivity contribution in [3.05, 3.63) is 29.8 Å². The number of nitrogens with one attached hydrogen (secondary N) is 1. The minimum Gasteiger partial charge on any atom is -0.508 e. The number of phenols is 1. The Morgan fingerprint density at radius 1 is 1.17 bits per heavy atom. The summed E-state index contributed by atoms with van der Waals surface area (Å²) in [6.45, 7) is 2.31. The molecule has 0 radical (unpaired) electrons. The van der Waals surface area contributed by atoms with Gasteiger partial charge in [-0.05, 0) is 42.4 Å². The van der Waals surface area contributed by atoms with Crippen LogP contribution in [0.15, 0.2) is 24.3 Å². The zero-order valence-electron chi connectivity index (χ0n) is 14.3. The maximum absolute atomic E-state index is 12.4. The van der Waals surface area contributed by atoms with Crippen molar-refractivity contribution in [3.8, 4) is 5.75 Å². The highest BCUT2D eigenvalue weighted by molar-refractivity contribution is 5.78. The van der Waals surface area contributed by atoms with Gasteiger partial charge in [-0.2, -0.15) is 0 Å². The second kappa shape index (κ2) is 8.18. The van der Waals surface area contributed by atoms with Crippen LogP contribution in [0.3, 0.4) is 0 Å². The van der Waals surface area contributed by atoms with E-state index in [-0.39, 0.29) is 29.4 Å². The molecule has 1 aromatic rings. The zero-order chi connectivity index (χ0) is 17.6. The van der Waals surface area contributed by atoms with Crippen LogP contribution in [0, 0.1) is 11.3 Å². The van der Waals surface area contributed by atoms with E-state index in [2.05, 4.69) is 5.32 Å². The number of phenolic OH excluding ortho intramolecular Hbond substituents is 1. The van der Waals surface area contributed by atoms with Gasteiger partial charge in [0, 0.05) is 12.5 Å². The van der Waals surface area contributed by atoms with Crippen molar-refractivity contribution < 1.29 is 19.8 Å². The number of amides is 1. The Bertz CT molecular complexity index is 561. The Morgan fingerprint density at radius 3 is 2.38 bits per heavy atom. The van der Waals surface area contributed by atoms with E-state index in [1.54, 1.807) is 12.1 Å². The number of rotatable bonds is 7. The van der Waals surface area contributed by atoms with E-state index >= 15 is 0 Å². The van der Waals surface area contributed by atoms with E-state index in [4.69, 9.17) is 0 Å². The lowest BCUT2D eigenvalue weighted by atomic mass is 9.71. The molecule has 1 atom stereocenters. The standard InChI is InChI=1S/C19H27NO4/c1-14(11-15-5-7-16(21)8-6-15)18(24)20-13-19(12-17(22)23)9-3-2-4-10-19/h5-8,14,21H,2-4,9-13H2,1H3,(H,20,24)(H,22,23)/t14-/m0/s1. The first-order chi connectivity index (χ1) is 11.4. The Hall–Kier alpha value is -2.04. The van der Waals surface area contributed by atoms with E-state index in [0.29, 0.717) is 13.0 Å². The predicted molar refractivity (Wildman–Crippen MR) is 91.8 cm³/mol. The van der Waals surface area contributed by atoms with Gasteiger partial charge in [0.15, 0.2) is 0 Å². The van der Waals surface area contributed by atoms with Crippen LogP contribution in [-0.4, -0.2) is 28.6 Å². The summed E-state index contributed by atoms with van der Waals surface area (Å²) in [6.07, 6.45) is 5.67. The third-order valence-electron chi connectivity index (χ3n) is 5.00. The van der Waals surface area contributed by atoms with Gasteiger partial charge in [0.1, 0.15) is 5.75 Å². The SMILES string of the molecule is C[C@@H](Cc1ccc(O)cc1)C(=O)NCC1(CC(=O)O)CCCCC1. The summed E-state index contributed by atoms with van der Waals surface area (Å²) in [5.74, 6) is -0.814. The summed E-state index contributed by atoms with van der Waals surface area (Å²) in [6, 6.07) is 6.85. The van der Waals surface area contributed by atoms with Gasteiger partial charge in [-0.3, -0.25) is 9.59 Å². The number of hydrogen-bond donors (Lipinski definition) is 3. The van der Waals surface area contributed by atoms with E-state index in [9.17, 15) is 19.8 Å². The maximum atomic E-state index is 12.4. The molecule has 1 fully saturated rings. The molecule has 1 aromatic carbocycles. The fraction of sp³-hybridized carbons (Fsp3) is 0.579. The number of benzene rings is 1. The van der Waals surface area contributed by atoms with Crippen LogP contribution >= 0.6 is 0 Å². The van der Waals surface area contributed by atoms with Crippen LogP contribution < -0.4 is 5.32 Å². The molecule has 2 rings (SSSR count). The van der Waals surface area contributed by atoms with Crippen molar-refractivity contribution in [2.24, 2.45) is 11.3 Å². The highest BCUT2D eigenvalue weighted by Crippen LogP contribution is 2.38. The number of aliphatic carboxylic acids is 1. The van der Waals surface area contributed by atoms with Gasteiger partial charge in [0.05, 0.1) is 6.42 Å². The topological polar surface area (TPSA) is 86.6 Å². The van der Waals surface area contributed by atoms with Gasteiger partial charge in [-0.15, -0.1) is 0 Å². The Morgan fingerprint density at radius 2 is 1.79 bits per heavy atom. The lowest BCUT2D eigenvalue weighted by Crippen LogP contribution is -2.42. The minimum atomic E-state index is -0.789. The summed E-state index contributed by atoms with van der Waals surface area (Å²) in [5.41, 5.74) is 0.700. The number of carboxylic acid groups (broad SMARTS) is 1. The summed E-state index contributed by atoms with van der Waals surface area (Å²) >= 11 is 0. The third-order valence-corrected chi connectivity index (χ3v) is 5.00. The monoisotopic (exact) mass is 333 g/mol. The van der Waals surface area contributed by atoms with Crippen molar-refractivity contribution in [2.45, 2.75) is 51.9 Å². The largest absolute Gasteiger partial charge is 0.508 e. The molecule has 0 saturated heterocycles. The van der Waals surface area contributed by atoms with Crippen LogP contribution in [0.5, 0.6) is 5.75 Å². The van der Waals surface area contributed by atoms with E-state index in [1.807, 2.05) is 19.1 Å². The van der Waals surface area contributed by atoms with Crippen molar-refractivity contribution in [2.75, 3.05) is 6.54 Å². The summed E-state index contributed by atoms with van der Waals surface area (Å²) < 4.78 is 0. The lowest BCUT2D eigenvalue weighted by molar-refractivity contribution is -0.141.